The summed E-state index contributed by atoms with van der Waals surface area (Å²) in [4.78, 5) is 21.7. The molecule has 0 aliphatic rings. The number of carbonyl (C=O) groups excluding carboxylic acids is 1. The first kappa shape index (κ1) is 27.4. The molecule has 0 saturated heterocycles. The summed E-state index contributed by atoms with van der Waals surface area (Å²) in [6, 6.07) is 0. The van der Waals surface area contributed by atoms with E-state index in [0.717, 1.165) is 12.8 Å². The number of ether oxygens (including phenoxy) is 1. The third kappa shape index (κ3) is 17.8. The Morgan fingerprint density at radius 1 is 1.35 bits per heavy atom. The molecule has 23 heavy (non-hydrogen) atoms. The average Bonchev–Trinajstić information content (AvgIpc) is 2.38. The molecule has 0 saturated carbocycles. The first-order chi connectivity index (χ1) is 10.1. The van der Waals surface area contributed by atoms with E-state index in [1.54, 1.807) is 13.0 Å². The number of carboxylic acid groups (broad SMARTS) is 1. The van der Waals surface area contributed by atoms with Gasteiger partial charge >= 0.3 is 41.5 Å². The van der Waals surface area contributed by atoms with E-state index in [4.69, 9.17) is 14.4 Å². The molecule has 2 atom stereocenters. The van der Waals surface area contributed by atoms with Crippen molar-refractivity contribution in [3.63, 3.8) is 0 Å². The van der Waals surface area contributed by atoms with Crippen molar-refractivity contribution >= 4 is 22.1 Å². The van der Waals surface area contributed by atoms with Crippen LogP contribution in [0.1, 0.15) is 40.0 Å². The monoisotopic (exact) mass is 360 g/mol. The quantitative estimate of drug-likeness (QED) is 0.189. The van der Waals surface area contributed by atoms with Gasteiger partial charge in [-0.15, -0.1) is 0 Å². The number of rotatable bonds is 8. The Morgan fingerprint density at radius 2 is 1.83 bits per heavy atom. The van der Waals surface area contributed by atoms with E-state index in [1.807, 2.05) is 6.92 Å². The van der Waals surface area contributed by atoms with Crippen LogP contribution >= 0.6 is 0 Å². The van der Waals surface area contributed by atoms with E-state index in [2.05, 4.69) is 6.92 Å². The van der Waals surface area contributed by atoms with E-state index in [1.165, 1.54) is 13.0 Å². The van der Waals surface area contributed by atoms with Gasteiger partial charge in [0, 0.05) is 6.08 Å². The second kappa shape index (κ2) is 15.1. The smallest absolute Gasteiger partial charge is 0.481 e. The van der Waals surface area contributed by atoms with Crippen molar-refractivity contribution in [3.8, 4) is 0 Å². The van der Waals surface area contributed by atoms with Gasteiger partial charge in [-0.05, 0) is 18.6 Å². The van der Waals surface area contributed by atoms with Gasteiger partial charge in [0.1, 0.15) is 6.61 Å². The van der Waals surface area contributed by atoms with E-state index in [9.17, 15) is 18.0 Å². The number of carboxylic acids is 1. The Hall–Kier alpha value is -0.410. The molecule has 130 valence electrons. The zero-order valence-electron chi connectivity index (χ0n) is 14.2. The number of aliphatic carboxylic acids is 1. The minimum Gasteiger partial charge on any atom is -0.481 e. The van der Waals surface area contributed by atoms with Crippen LogP contribution in [0.3, 0.4) is 0 Å². The largest absolute Gasteiger partial charge is 1.00 e. The first-order valence-electron chi connectivity index (χ1n) is 6.87. The van der Waals surface area contributed by atoms with Gasteiger partial charge < -0.3 is 16.8 Å². The van der Waals surface area contributed by atoms with Crippen molar-refractivity contribution in [3.05, 3.63) is 19.1 Å². The van der Waals surface area contributed by atoms with Crippen molar-refractivity contribution in [2.45, 2.75) is 45.3 Å². The molecule has 0 bridgehead atoms. The van der Waals surface area contributed by atoms with Gasteiger partial charge in [-0.1, -0.05) is 32.8 Å². The Bertz CT molecular complexity index is 458. The number of esters is 1. The van der Waals surface area contributed by atoms with Crippen LogP contribution in [0, 0.1) is 12.8 Å². The van der Waals surface area contributed by atoms with Crippen molar-refractivity contribution in [1.82, 2.24) is 0 Å². The van der Waals surface area contributed by atoms with E-state index >= 15 is 0 Å². The molecule has 0 rings (SSSR count). The van der Waals surface area contributed by atoms with Gasteiger partial charge in [0.25, 0.3) is 0 Å². The van der Waals surface area contributed by atoms with E-state index in [-0.39, 0.29) is 36.2 Å². The molecule has 7 nitrogen and oxygen atoms in total. The molecule has 0 fully saturated rings. The molecule has 0 aromatic carbocycles. The summed E-state index contributed by atoms with van der Waals surface area (Å²) in [5.41, 5.74) is 0. The fourth-order valence-corrected chi connectivity index (χ4v) is 1.10. The maximum absolute atomic E-state index is 10.9. The van der Waals surface area contributed by atoms with Crippen molar-refractivity contribution < 1.29 is 62.0 Å². The van der Waals surface area contributed by atoms with Gasteiger partial charge in [-0.3, -0.25) is 9.35 Å². The van der Waals surface area contributed by atoms with Crippen LogP contribution in [0.25, 0.3) is 0 Å². The minimum absolute atomic E-state index is 0. The molecule has 2 N–H and O–H groups in total. The zero-order chi connectivity index (χ0) is 17.8. The Kier molecular flexibility index (Phi) is 18.1. The van der Waals surface area contributed by atoms with E-state index in [0.29, 0.717) is 6.42 Å². The molecule has 9 heteroatoms. The normalized spacial score (nSPS) is 13.3. The third-order valence-corrected chi connectivity index (χ3v) is 3.51. The third-order valence-electron chi connectivity index (χ3n) is 2.49. The molecule has 0 aromatic rings. The number of carbonyl (C=O) groups is 2. The predicted molar refractivity (Wildman–Crippen MR) is 82.8 cm³/mol. The fraction of sp³-hybridized carbons (Fsp3) is 0.643. The van der Waals surface area contributed by atoms with Crippen LogP contribution in [-0.4, -0.2) is 41.9 Å². The number of hydrogen-bond acceptors (Lipinski definition) is 5. The number of allylic oxidation sites excluding steroid dienone is 1. The number of unbranched alkanes of at least 4 members (excludes halogenated alkanes) is 1. The molecule has 0 aliphatic heterocycles. The molecule has 0 heterocycles. The Labute approximate surface area is 160 Å². The summed E-state index contributed by atoms with van der Waals surface area (Å²) in [5, 5.41) is 7.91. The van der Waals surface area contributed by atoms with Crippen molar-refractivity contribution in [2.24, 2.45) is 5.92 Å². The van der Waals surface area contributed by atoms with Gasteiger partial charge in [-0.25, -0.2) is 13.2 Å². The molecular formula is C14H25NaO7S. The maximum atomic E-state index is 10.9. The second-order valence-corrected chi connectivity index (χ2v) is 6.47. The average molecular weight is 360 g/mol. The van der Waals surface area contributed by atoms with Crippen LogP contribution in [-0.2, 0) is 24.4 Å². The summed E-state index contributed by atoms with van der Waals surface area (Å²) in [7, 11) is -3.85. The van der Waals surface area contributed by atoms with Crippen LogP contribution < -0.4 is 29.6 Å². The van der Waals surface area contributed by atoms with Crippen LogP contribution in [0.2, 0.25) is 0 Å². The van der Waals surface area contributed by atoms with Crippen molar-refractivity contribution in [2.75, 3.05) is 6.61 Å². The van der Waals surface area contributed by atoms with Gasteiger partial charge in [0.2, 0.25) is 10.1 Å². The summed E-state index contributed by atoms with van der Waals surface area (Å²) < 4.78 is 32.4. The molecular weight excluding hydrogens is 335 g/mol. The van der Waals surface area contributed by atoms with E-state index < -0.39 is 33.2 Å². The minimum atomic E-state index is -3.85. The summed E-state index contributed by atoms with van der Waals surface area (Å²) in [6.07, 6.45) is 5.16. The summed E-state index contributed by atoms with van der Waals surface area (Å²) in [6.45, 7) is 8.02. The Balaban J connectivity index is -0.000000425. The van der Waals surface area contributed by atoms with Crippen molar-refractivity contribution in [1.29, 1.82) is 0 Å². The molecule has 0 aromatic heterocycles. The molecule has 0 spiro atoms. The zero-order valence-corrected chi connectivity index (χ0v) is 17.0. The SMILES string of the molecule is CC=CC(=O)OCC(CCCC)C(=O)O.[CH2-]C(C)S(=O)(=O)O.[Na+]. The molecule has 0 aliphatic carbocycles. The van der Waals surface area contributed by atoms with Gasteiger partial charge in [0.05, 0.1) is 5.92 Å². The predicted octanol–water partition coefficient (Wildman–Crippen LogP) is -0.903. The standard InChI is InChI=1S/C11H18O4.C3H7O3S.Na/c1-3-5-7-9(11(13)14)8-15-10(12)6-4-2;1-3(2)7(4,5)6;/h4,6,9H,3,5,7-8H2,1-2H3,(H,13,14);3H,1H2,2H3,(H,4,5,6);/q;-1;+1. The van der Waals surface area contributed by atoms with Crippen LogP contribution in [0.5, 0.6) is 0 Å². The van der Waals surface area contributed by atoms with Crippen LogP contribution in [0.15, 0.2) is 12.2 Å². The van der Waals surface area contributed by atoms with Crippen LogP contribution in [0.4, 0.5) is 0 Å². The molecule has 0 amide bonds. The summed E-state index contributed by atoms with van der Waals surface area (Å²) >= 11 is 0. The first-order valence-corrected chi connectivity index (χ1v) is 8.38. The topological polar surface area (TPSA) is 118 Å². The fourth-order valence-electron chi connectivity index (χ4n) is 1.10. The maximum Gasteiger partial charge on any atom is 1.00 e. The number of hydrogen-bond donors (Lipinski definition) is 2. The summed E-state index contributed by atoms with van der Waals surface area (Å²) in [5.74, 6) is -1.98. The molecule has 0 radical (unpaired) electrons. The second-order valence-electron chi connectivity index (χ2n) is 4.63. The molecule has 2 unspecified atom stereocenters. The van der Waals surface area contributed by atoms with Gasteiger partial charge in [0.15, 0.2) is 0 Å². The van der Waals surface area contributed by atoms with Gasteiger partial charge in [-0.2, -0.15) is 0 Å². The Morgan fingerprint density at radius 3 is 2.13 bits per heavy atom.